The molecule has 0 spiro atoms. The first-order valence-corrected chi connectivity index (χ1v) is 13.6. The Morgan fingerprint density at radius 1 is 1.14 bits per heavy atom. The van der Waals surface area contributed by atoms with Crippen LogP contribution in [0.2, 0.25) is 0 Å². The number of hydrogen-bond donors (Lipinski definition) is 3. The number of anilines is 1. The molecule has 9 nitrogen and oxygen atoms in total. The molecule has 0 aliphatic rings. The number of nitrogens with one attached hydrogen (secondary N) is 3. The summed E-state index contributed by atoms with van der Waals surface area (Å²) in [7, 11) is -2.18. The first kappa shape index (κ1) is 26.3. The molecule has 2 aromatic heterocycles. The van der Waals surface area contributed by atoms with Crippen molar-refractivity contribution in [2.24, 2.45) is 0 Å². The molecule has 0 radical (unpaired) electrons. The number of ether oxygens (including phenoxy) is 1. The van der Waals surface area contributed by atoms with E-state index in [0.29, 0.717) is 46.9 Å². The van der Waals surface area contributed by atoms with Crippen LogP contribution in [0.5, 0.6) is 5.75 Å². The first-order valence-electron chi connectivity index (χ1n) is 11.2. The van der Waals surface area contributed by atoms with Crippen molar-refractivity contribution in [2.75, 3.05) is 25.5 Å². The van der Waals surface area contributed by atoms with Crippen LogP contribution >= 0.6 is 11.8 Å². The molecule has 37 heavy (non-hydrogen) atoms. The number of aromatic nitrogens is 4. The van der Waals surface area contributed by atoms with Gasteiger partial charge in [-0.15, -0.1) is 0 Å². The van der Waals surface area contributed by atoms with Crippen LogP contribution in [-0.2, 0) is 10.0 Å². The predicted octanol–water partition coefficient (Wildman–Crippen LogP) is 4.70. The Morgan fingerprint density at radius 2 is 1.97 bits per heavy atom. The summed E-state index contributed by atoms with van der Waals surface area (Å²) in [5, 5.41) is 5.46. The van der Waals surface area contributed by atoms with Crippen molar-refractivity contribution in [3.63, 3.8) is 0 Å². The topological polar surface area (TPSA) is 122 Å². The molecule has 0 saturated carbocycles. The van der Waals surface area contributed by atoms with E-state index in [-0.39, 0.29) is 11.4 Å². The number of aromatic amines is 1. The van der Waals surface area contributed by atoms with Crippen LogP contribution in [0, 0.1) is 5.82 Å². The molecular formula is C25H25FN6O3S2. The molecule has 0 amide bonds. The molecule has 2 aromatic carbocycles. The van der Waals surface area contributed by atoms with E-state index in [4.69, 9.17) is 9.72 Å². The molecule has 12 heteroatoms. The average molecular weight is 541 g/mol. The van der Waals surface area contributed by atoms with Gasteiger partial charge in [0.05, 0.1) is 29.1 Å². The van der Waals surface area contributed by atoms with E-state index in [1.807, 2.05) is 24.3 Å². The predicted molar refractivity (Wildman–Crippen MR) is 142 cm³/mol. The molecule has 4 rings (SSSR count). The summed E-state index contributed by atoms with van der Waals surface area (Å²) in [6, 6.07) is 14.2. The van der Waals surface area contributed by atoms with Crippen molar-refractivity contribution in [3.05, 3.63) is 78.6 Å². The number of halogens is 1. The SMILES string of the molecule is C=CSc1nc(-c2cccc(OC)c2)c(-c2ccnc(NCCCNS(=O)(=O)c3cccc(F)c3)n2)[nH]1. The van der Waals surface area contributed by atoms with Crippen molar-refractivity contribution in [3.8, 4) is 28.4 Å². The van der Waals surface area contributed by atoms with E-state index >= 15 is 0 Å². The Balaban J connectivity index is 1.44. The zero-order chi connectivity index (χ0) is 26.3. The third kappa shape index (κ3) is 6.73. The van der Waals surface area contributed by atoms with Crippen LogP contribution in [0.1, 0.15) is 6.42 Å². The third-order valence-electron chi connectivity index (χ3n) is 5.17. The molecule has 4 aromatic rings. The lowest BCUT2D eigenvalue weighted by Gasteiger charge is -2.09. The van der Waals surface area contributed by atoms with Crippen LogP contribution in [0.4, 0.5) is 10.3 Å². The number of sulfonamides is 1. The fraction of sp³-hybridized carbons (Fsp3) is 0.160. The van der Waals surface area contributed by atoms with Gasteiger partial charge in [0.1, 0.15) is 11.6 Å². The van der Waals surface area contributed by atoms with Gasteiger partial charge in [-0.2, -0.15) is 0 Å². The van der Waals surface area contributed by atoms with Crippen molar-refractivity contribution >= 4 is 27.7 Å². The molecule has 0 bridgehead atoms. The van der Waals surface area contributed by atoms with Crippen molar-refractivity contribution < 1.29 is 17.5 Å². The molecular weight excluding hydrogens is 515 g/mol. The molecule has 0 atom stereocenters. The van der Waals surface area contributed by atoms with Gasteiger partial charge in [-0.05, 0) is 48.2 Å². The van der Waals surface area contributed by atoms with Gasteiger partial charge in [0, 0.05) is 24.8 Å². The van der Waals surface area contributed by atoms with Crippen LogP contribution in [0.25, 0.3) is 22.6 Å². The summed E-state index contributed by atoms with van der Waals surface area (Å²) >= 11 is 1.36. The highest BCUT2D eigenvalue weighted by Gasteiger charge is 2.17. The Labute approximate surface area is 218 Å². The van der Waals surface area contributed by atoms with Gasteiger partial charge in [0.25, 0.3) is 0 Å². The number of nitrogens with zero attached hydrogens (tertiary/aromatic N) is 3. The second-order valence-corrected chi connectivity index (χ2v) is 10.4. The molecule has 0 saturated heterocycles. The number of imidazole rings is 1. The maximum Gasteiger partial charge on any atom is 0.240 e. The van der Waals surface area contributed by atoms with Crippen LogP contribution in [0.3, 0.4) is 0 Å². The van der Waals surface area contributed by atoms with Gasteiger partial charge in [0.2, 0.25) is 16.0 Å². The molecule has 0 aliphatic heterocycles. The number of thioether (sulfide) groups is 1. The molecule has 0 aliphatic carbocycles. The number of H-pyrrole nitrogens is 1. The van der Waals surface area contributed by atoms with Gasteiger partial charge in [-0.1, -0.05) is 36.5 Å². The minimum absolute atomic E-state index is 0.114. The van der Waals surface area contributed by atoms with Gasteiger partial charge >= 0.3 is 0 Å². The van der Waals surface area contributed by atoms with E-state index in [9.17, 15) is 12.8 Å². The molecule has 0 fully saturated rings. The molecule has 2 heterocycles. The van der Waals surface area contributed by atoms with E-state index in [2.05, 4.69) is 31.6 Å². The highest BCUT2D eigenvalue weighted by molar-refractivity contribution is 8.02. The van der Waals surface area contributed by atoms with Crippen LogP contribution in [-0.4, -0.2) is 48.6 Å². The number of hydrogen-bond acceptors (Lipinski definition) is 8. The molecule has 192 valence electrons. The summed E-state index contributed by atoms with van der Waals surface area (Å²) in [6.45, 7) is 4.33. The monoisotopic (exact) mass is 540 g/mol. The van der Waals surface area contributed by atoms with Gasteiger partial charge in [-0.3, -0.25) is 0 Å². The number of rotatable bonds is 12. The summed E-state index contributed by atoms with van der Waals surface area (Å²) < 4.78 is 45.8. The van der Waals surface area contributed by atoms with Gasteiger partial charge in [0.15, 0.2) is 5.16 Å². The number of methoxy groups -OCH3 is 1. The highest BCUT2D eigenvalue weighted by Crippen LogP contribution is 2.33. The van der Waals surface area contributed by atoms with E-state index in [1.165, 1.54) is 30.0 Å². The smallest absolute Gasteiger partial charge is 0.240 e. The number of benzene rings is 2. The summed E-state index contributed by atoms with van der Waals surface area (Å²) in [6.07, 6.45) is 2.09. The molecule has 0 unspecified atom stereocenters. The van der Waals surface area contributed by atoms with Crippen molar-refractivity contribution in [1.82, 2.24) is 24.7 Å². The van der Waals surface area contributed by atoms with Crippen molar-refractivity contribution in [1.29, 1.82) is 0 Å². The minimum atomic E-state index is -3.79. The normalized spacial score (nSPS) is 11.3. The minimum Gasteiger partial charge on any atom is -0.497 e. The lowest BCUT2D eigenvalue weighted by Crippen LogP contribution is -2.26. The Kier molecular flexibility index (Phi) is 8.54. The maximum atomic E-state index is 13.3. The van der Waals surface area contributed by atoms with E-state index in [1.54, 1.807) is 24.8 Å². The fourth-order valence-corrected chi connectivity index (χ4v) is 5.01. The Bertz CT molecular complexity index is 1490. The zero-order valence-electron chi connectivity index (χ0n) is 19.9. The van der Waals surface area contributed by atoms with E-state index in [0.717, 1.165) is 11.6 Å². The quantitative estimate of drug-likeness (QED) is 0.175. The fourth-order valence-electron chi connectivity index (χ4n) is 3.45. The Hall–Kier alpha value is -3.74. The highest BCUT2D eigenvalue weighted by atomic mass is 32.2. The van der Waals surface area contributed by atoms with Crippen molar-refractivity contribution in [2.45, 2.75) is 16.5 Å². The van der Waals surface area contributed by atoms with Crippen LogP contribution in [0.15, 0.2) is 82.8 Å². The summed E-state index contributed by atoms with van der Waals surface area (Å²) in [5.41, 5.74) is 2.91. The largest absolute Gasteiger partial charge is 0.497 e. The third-order valence-corrected chi connectivity index (χ3v) is 7.21. The van der Waals surface area contributed by atoms with Gasteiger partial charge < -0.3 is 15.0 Å². The Morgan fingerprint density at radius 3 is 2.76 bits per heavy atom. The second-order valence-electron chi connectivity index (χ2n) is 7.68. The maximum absolute atomic E-state index is 13.3. The first-order chi connectivity index (χ1) is 17.9. The molecule has 3 N–H and O–H groups in total. The average Bonchev–Trinajstić information content (AvgIpc) is 3.33. The van der Waals surface area contributed by atoms with E-state index < -0.39 is 15.8 Å². The standard InChI is InChI=1S/C25H25FN6O3S2/c1-3-36-25-31-22(17-7-4-9-19(15-17)35-2)23(32-25)21-11-14-28-24(30-21)27-12-6-13-29-37(33,34)20-10-5-8-18(26)16-20/h3-5,7-11,14-16,29H,1,6,12-13H2,2H3,(H,31,32)(H,27,28,30). The zero-order valence-corrected chi connectivity index (χ0v) is 21.6. The van der Waals surface area contributed by atoms with Crippen LogP contribution < -0.4 is 14.8 Å². The second kappa shape index (κ2) is 12.0. The summed E-state index contributed by atoms with van der Waals surface area (Å²) in [5.74, 6) is 0.487. The lowest BCUT2D eigenvalue weighted by atomic mass is 10.1. The van der Waals surface area contributed by atoms with Gasteiger partial charge in [-0.25, -0.2) is 32.5 Å². The lowest BCUT2D eigenvalue weighted by molar-refractivity contribution is 0.415. The summed E-state index contributed by atoms with van der Waals surface area (Å²) in [4.78, 5) is 16.8.